The molecule has 0 aliphatic heterocycles. The van der Waals surface area contributed by atoms with E-state index in [1.807, 2.05) is 24.3 Å². The summed E-state index contributed by atoms with van der Waals surface area (Å²) in [6.07, 6.45) is 3.36. The van der Waals surface area contributed by atoms with Crippen LogP contribution in [0.3, 0.4) is 0 Å². The van der Waals surface area contributed by atoms with Gasteiger partial charge < -0.3 is 14.9 Å². The molecule has 0 unspecified atom stereocenters. The molecule has 0 radical (unpaired) electrons. The van der Waals surface area contributed by atoms with E-state index in [0.29, 0.717) is 34.2 Å². The monoisotopic (exact) mass is 307 g/mol. The maximum absolute atomic E-state index is 6.03. The van der Waals surface area contributed by atoms with Gasteiger partial charge in [0.25, 0.3) is 0 Å². The molecule has 1 aromatic carbocycles. The summed E-state index contributed by atoms with van der Waals surface area (Å²) < 4.78 is 12.4. The second-order valence-corrected chi connectivity index (χ2v) is 4.89. The van der Waals surface area contributed by atoms with Gasteiger partial charge in [-0.05, 0) is 24.3 Å². The number of rotatable bonds is 3. The summed E-state index contributed by atoms with van der Waals surface area (Å²) in [6, 6.07) is 11.1. The highest BCUT2D eigenvalue weighted by Crippen LogP contribution is 2.26. The first-order valence-corrected chi connectivity index (χ1v) is 6.96. The Bertz CT molecular complexity index is 975. The minimum absolute atomic E-state index is 0.301. The largest absolute Gasteiger partial charge is 0.494 e. The van der Waals surface area contributed by atoms with Gasteiger partial charge in [0.15, 0.2) is 22.9 Å². The SMILES string of the molecule is COc1ccccc1-n1cc2nc(-c3ccco3)nc(N)c2n1. The van der Waals surface area contributed by atoms with Crippen molar-refractivity contribution in [1.29, 1.82) is 0 Å². The molecule has 7 heteroatoms. The summed E-state index contributed by atoms with van der Waals surface area (Å²) in [4.78, 5) is 8.73. The zero-order chi connectivity index (χ0) is 15.8. The number of anilines is 1. The third kappa shape index (κ3) is 2.18. The minimum Gasteiger partial charge on any atom is -0.494 e. The van der Waals surface area contributed by atoms with Crippen molar-refractivity contribution < 1.29 is 9.15 Å². The average molecular weight is 307 g/mol. The summed E-state index contributed by atoms with van der Waals surface area (Å²) in [7, 11) is 1.62. The van der Waals surface area contributed by atoms with Crippen LogP contribution in [-0.4, -0.2) is 26.9 Å². The summed E-state index contributed by atoms with van der Waals surface area (Å²) in [5.41, 5.74) is 7.99. The van der Waals surface area contributed by atoms with E-state index in [1.54, 1.807) is 36.4 Å². The number of nitrogen functional groups attached to an aromatic ring is 1. The molecule has 3 aromatic heterocycles. The first-order valence-electron chi connectivity index (χ1n) is 6.96. The number of hydrogen-bond donors (Lipinski definition) is 1. The number of nitrogens with two attached hydrogens (primary N) is 1. The molecule has 0 fully saturated rings. The lowest BCUT2D eigenvalue weighted by molar-refractivity contribution is 0.412. The van der Waals surface area contributed by atoms with E-state index < -0.39 is 0 Å². The molecule has 0 aliphatic carbocycles. The van der Waals surface area contributed by atoms with Crippen molar-refractivity contribution in [2.24, 2.45) is 0 Å². The highest BCUT2D eigenvalue weighted by Gasteiger charge is 2.14. The van der Waals surface area contributed by atoms with Crippen molar-refractivity contribution in [2.75, 3.05) is 12.8 Å². The van der Waals surface area contributed by atoms with Crippen LogP contribution in [-0.2, 0) is 0 Å². The lowest BCUT2D eigenvalue weighted by Gasteiger charge is -2.06. The van der Waals surface area contributed by atoms with Crippen molar-refractivity contribution in [1.82, 2.24) is 19.7 Å². The third-order valence-corrected chi connectivity index (χ3v) is 3.46. The molecule has 114 valence electrons. The quantitative estimate of drug-likeness (QED) is 0.625. The van der Waals surface area contributed by atoms with Crippen molar-refractivity contribution in [3.05, 3.63) is 48.9 Å². The molecule has 0 atom stereocenters. The summed E-state index contributed by atoms with van der Waals surface area (Å²) in [6.45, 7) is 0. The van der Waals surface area contributed by atoms with Crippen LogP contribution in [0.25, 0.3) is 28.3 Å². The predicted octanol–water partition coefficient (Wildman–Crippen LogP) is 2.67. The van der Waals surface area contributed by atoms with Gasteiger partial charge in [-0.2, -0.15) is 5.10 Å². The van der Waals surface area contributed by atoms with Gasteiger partial charge in [0.2, 0.25) is 0 Å². The molecule has 0 amide bonds. The number of hydrogen-bond acceptors (Lipinski definition) is 6. The van der Waals surface area contributed by atoms with Crippen LogP contribution in [0.15, 0.2) is 53.3 Å². The van der Waals surface area contributed by atoms with Crippen molar-refractivity contribution in [2.45, 2.75) is 0 Å². The van der Waals surface area contributed by atoms with Crippen LogP contribution in [0, 0.1) is 0 Å². The van der Waals surface area contributed by atoms with Crippen molar-refractivity contribution >= 4 is 16.9 Å². The molecule has 23 heavy (non-hydrogen) atoms. The molecule has 0 saturated carbocycles. The summed E-state index contributed by atoms with van der Waals surface area (Å²) in [5, 5.41) is 4.47. The average Bonchev–Trinajstić information content (AvgIpc) is 3.24. The first kappa shape index (κ1) is 13.3. The van der Waals surface area contributed by atoms with Crippen molar-refractivity contribution in [3.8, 4) is 23.0 Å². The fraction of sp³-hybridized carbons (Fsp3) is 0.0625. The molecule has 4 aromatic rings. The van der Waals surface area contributed by atoms with E-state index in [2.05, 4.69) is 15.1 Å². The Balaban J connectivity index is 1.90. The third-order valence-electron chi connectivity index (χ3n) is 3.46. The molecule has 0 aliphatic rings. The van der Waals surface area contributed by atoms with Crippen LogP contribution in [0.5, 0.6) is 5.75 Å². The Labute approximate surface area is 131 Å². The van der Waals surface area contributed by atoms with E-state index in [9.17, 15) is 0 Å². The van der Waals surface area contributed by atoms with Gasteiger partial charge in [0.1, 0.15) is 17.0 Å². The number of furan rings is 1. The molecular formula is C16H13N5O2. The topological polar surface area (TPSA) is 92.0 Å². The minimum atomic E-state index is 0.301. The van der Waals surface area contributed by atoms with Crippen LogP contribution >= 0.6 is 0 Å². The lowest BCUT2D eigenvalue weighted by atomic mass is 10.3. The first-order chi connectivity index (χ1) is 11.3. The Morgan fingerprint density at radius 2 is 2.00 bits per heavy atom. The summed E-state index contributed by atoms with van der Waals surface area (Å²) in [5.74, 6) is 2.00. The van der Waals surface area contributed by atoms with Crippen molar-refractivity contribution in [3.63, 3.8) is 0 Å². The standard InChI is InChI=1S/C16H13N5O2/c1-22-12-6-3-2-5-11(12)21-9-10-14(20-21)15(17)19-16(18-10)13-7-4-8-23-13/h2-9H,1H3,(H2,17,18,19). The number of para-hydroxylation sites is 2. The fourth-order valence-corrected chi connectivity index (χ4v) is 2.39. The molecular weight excluding hydrogens is 294 g/mol. The Morgan fingerprint density at radius 3 is 2.78 bits per heavy atom. The number of aromatic nitrogens is 4. The number of benzene rings is 1. The maximum Gasteiger partial charge on any atom is 0.198 e. The van der Waals surface area contributed by atoms with E-state index in [0.717, 1.165) is 5.69 Å². The van der Waals surface area contributed by atoms with Gasteiger partial charge in [-0.15, -0.1) is 0 Å². The van der Waals surface area contributed by atoms with Crippen LogP contribution in [0.4, 0.5) is 5.82 Å². The lowest BCUT2D eigenvalue weighted by Crippen LogP contribution is -1.99. The zero-order valence-electron chi connectivity index (χ0n) is 12.3. The Morgan fingerprint density at radius 1 is 1.13 bits per heavy atom. The Hall–Kier alpha value is -3.35. The second-order valence-electron chi connectivity index (χ2n) is 4.89. The van der Waals surface area contributed by atoms with Gasteiger partial charge in [0, 0.05) is 0 Å². The predicted molar refractivity (Wildman–Crippen MR) is 85.3 cm³/mol. The Kier molecular flexibility index (Phi) is 2.97. The maximum atomic E-state index is 6.03. The highest BCUT2D eigenvalue weighted by molar-refractivity contribution is 5.85. The number of nitrogens with zero attached hydrogens (tertiary/aromatic N) is 4. The molecule has 4 rings (SSSR count). The molecule has 2 N–H and O–H groups in total. The molecule has 0 bridgehead atoms. The zero-order valence-corrected chi connectivity index (χ0v) is 12.3. The van der Waals surface area contributed by atoms with Gasteiger partial charge in [-0.25, -0.2) is 14.6 Å². The number of ether oxygens (including phenoxy) is 1. The van der Waals surface area contributed by atoms with Gasteiger partial charge >= 0.3 is 0 Å². The van der Waals surface area contributed by atoms with E-state index >= 15 is 0 Å². The highest BCUT2D eigenvalue weighted by atomic mass is 16.5. The van der Waals surface area contributed by atoms with Gasteiger partial charge in [-0.1, -0.05) is 12.1 Å². The summed E-state index contributed by atoms with van der Waals surface area (Å²) >= 11 is 0. The number of fused-ring (bicyclic) bond motifs is 1. The molecule has 0 saturated heterocycles. The van der Waals surface area contributed by atoms with E-state index in [4.69, 9.17) is 14.9 Å². The smallest absolute Gasteiger partial charge is 0.198 e. The van der Waals surface area contributed by atoms with Crippen LogP contribution in [0.1, 0.15) is 0 Å². The number of methoxy groups -OCH3 is 1. The van der Waals surface area contributed by atoms with Gasteiger partial charge in [-0.3, -0.25) is 0 Å². The second kappa shape index (κ2) is 5.13. The molecule has 0 spiro atoms. The normalized spacial score (nSPS) is 11.0. The van der Waals surface area contributed by atoms with Crippen LogP contribution < -0.4 is 10.5 Å². The van der Waals surface area contributed by atoms with Gasteiger partial charge in [0.05, 0.1) is 19.6 Å². The van der Waals surface area contributed by atoms with E-state index in [-0.39, 0.29) is 0 Å². The molecule has 7 nitrogen and oxygen atoms in total. The van der Waals surface area contributed by atoms with Crippen LogP contribution in [0.2, 0.25) is 0 Å². The van der Waals surface area contributed by atoms with E-state index in [1.165, 1.54) is 0 Å². The molecule has 3 heterocycles. The fourth-order valence-electron chi connectivity index (χ4n) is 2.39.